The lowest BCUT2D eigenvalue weighted by molar-refractivity contribution is -0.136. The molecule has 0 saturated carbocycles. The third-order valence-corrected chi connectivity index (χ3v) is 9.63. The molecule has 0 spiro atoms. The number of aryl methyl sites for hydroxylation is 3. The Labute approximate surface area is 213 Å². The topological polar surface area (TPSA) is 37.3 Å². The van der Waals surface area contributed by atoms with Crippen molar-refractivity contribution >= 4 is 40.6 Å². The Morgan fingerprint density at radius 3 is 2.06 bits per heavy atom. The first kappa shape index (κ1) is 22.7. The van der Waals surface area contributed by atoms with Crippen molar-refractivity contribution in [2.24, 2.45) is 0 Å². The molecule has 0 atom stereocenters. The summed E-state index contributed by atoms with van der Waals surface area (Å²) < 4.78 is 0. The van der Waals surface area contributed by atoms with E-state index in [1.807, 2.05) is 0 Å². The van der Waals surface area contributed by atoms with Crippen LogP contribution < -0.4 is 15.9 Å². The van der Waals surface area contributed by atoms with E-state index in [4.69, 9.17) is 0 Å². The van der Waals surface area contributed by atoms with Crippen LogP contribution in [0.15, 0.2) is 109 Å². The highest BCUT2D eigenvalue weighted by molar-refractivity contribution is 7.80. The van der Waals surface area contributed by atoms with Gasteiger partial charge in [-0.15, -0.1) is 0 Å². The van der Waals surface area contributed by atoms with Gasteiger partial charge in [-0.1, -0.05) is 109 Å². The van der Waals surface area contributed by atoms with E-state index < -0.39 is 13.9 Å². The van der Waals surface area contributed by atoms with Gasteiger partial charge in [0.25, 0.3) is 0 Å². The van der Waals surface area contributed by atoms with E-state index in [0.29, 0.717) is 6.42 Å². The summed E-state index contributed by atoms with van der Waals surface area (Å²) >= 11 is 0. The van der Waals surface area contributed by atoms with Crippen molar-refractivity contribution in [1.29, 1.82) is 0 Å². The summed E-state index contributed by atoms with van der Waals surface area (Å²) in [5.41, 5.74) is 6.32. The number of aliphatic carboxylic acids is 1. The number of carboxylic acid groups (broad SMARTS) is 1. The van der Waals surface area contributed by atoms with Crippen molar-refractivity contribution in [2.75, 3.05) is 0 Å². The van der Waals surface area contributed by atoms with Gasteiger partial charge in [0, 0.05) is 6.42 Å². The highest BCUT2D eigenvalue weighted by Gasteiger charge is 2.25. The van der Waals surface area contributed by atoms with E-state index >= 15 is 0 Å². The molecule has 0 amide bonds. The maximum absolute atomic E-state index is 11.6. The van der Waals surface area contributed by atoms with Crippen LogP contribution in [0.4, 0.5) is 0 Å². The molecule has 5 aromatic carbocycles. The summed E-state index contributed by atoms with van der Waals surface area (Å²) in [6, 6.07) is 39.2. The molecular formula is C33H27O2P. The first-order chi connectivity index (χ1) is 17.7. The lowest BCUT2D eigenvalue weighted by atomic mass is 9.89. The van der Waals surface area contributed by atoms with E-state index in [2.05, 4.69) is 109 Å². The maximum atomic E-state index is 11.6. The van der Waals surface area contributed by atoms with Crippen LogP contribution >= 0.6 is 7.92 Å². The summed E-state index contributed by atoms with van der Waals surface area (Å²) in [7, 11) is -0.796. The summed E-state index contributed by atoms with van der Waals surface area (Å²) in [6.45, 7) is 0. The molecule has 0 unspecified atom stereocenters. The predicted octanol–water partition coefficient (Wildman–Crippen LogP) is 6.38. The fourth-order valence-electron chi connectivity index (χ4n) is 5.61. The second kappa shape index (κ2) is 9.72. The molecule has 0 fully saturated rings. The van der Waals surface area contributed by atoms with Crippen molar-refractivity contribution in [1.82, 2.24) is 0 Å². The monoisotopic (exact) mass is 486 g/mol. The minimum atomic E-state index is -0.796. The second-order valence-electron chi connectivity index (χ2n) is 9.33. The lowest BCUT2D eigenvalue weighted by Gasteiger charge is -2.24. The molecule has 2 nitrogen and oxygen atoms in total. The van der Waals surface area contributed by atoms with Gasteiger partial charge in [-0.3, -0.25) is 4.79 Å². The lowest BCUT2D eigenvalue weighted by Crippen LogP contribution is -2.22. The van der Waals surface area contributed by atoms with Crippen molar-refractivity contribution in [3.63, 3.8) is 0 Å². The van der Waals surface area contributed by atoms with Crippen LogP contribution in [0, 0.1) is 0 Å². The fraction of sp³-hybridized carbons (Fsp3) is 0.121. The van der Waals surface area contributed by atoms with E-state index in [0.717, 1.165) is 18.4 Å². The Balaban J connectivity index is 1.64. The number of benzene rings is 5. The molecule has 36 heavy (non-hydrogen) atoms. The van der Waals surface area contributed by atoms with E-state index in [1.165, 1.54) is 48.9 Å². The molecule has 3 heteroatoms. The van der Waals surface area contributed by atoms with Gasteiger partial charge in [-0.05, 0) is 81.7 Å². The Morgan fingerprint density at radius 2 is 1.36 bits per heavy atom. The molecular weight excluding hydrogens is 459 g/mol. The molecule has 0 aromatic heterocycles. The molecule has 1 N–H and O–H groups in total. The van der Waals surface area contributed by atoms with Crippen molar-refractivity contribution < 1.29 is 9.90 Å². The van der Waals surface area contributed by atoms with Crippen LogP contribution in [0.1, 0.15) is 23.1 Å². The smallest absolute Gasteiger partial charge is 0.303 e. The molecule has 1 aliphatic carbocycles. The van der Waals surface area contributed by atoms with E-state index in [9.17, 15) is 9.90 Å². The van der Waals surface area contributed by atoms with Crippen LogP contribution in [0.5, 0.6) is 0 Å². The SMILES string of the molecule is O=C(O)CCc1cc2c3c(cccc3c1-c1ccccc1P(c1ccccc1)c1ccccc1)CC2. The van der Waals surface area contributed by atoms with Gasteiger partial charge in [0.15, 0.2) is 0 Å². The van der Waals surface area contributed by atoms with Gasteiger partial charge in [0.2, 0.25) is 0 Å². The minimum absolute atomic E-state index is 0.131. The summed E-state index contributed by atoms with van der Waals surface area (Å²) in [5, 5.41) is 16.1. The Morgan fingerprint density at radius 1 is 0.722 bits per heavy atom. The van der Waals surface area contributed by atoms with Gasteiger partial charge in [0.1, 0.15) is 0 Å². The average molecular weight is 487 g/mol. The molecule has 6 rings (SSSR count). The zero-order valence-corrected chi connectivity index (χ0v) is 20.9. The molecule has 0 bridgehead atoms. The van der Waals surface area contributed by atoms with Gasteiger partial charge in [0.05, 0.1) is 0 Å². The largest absolute Gasteiger partial charge is 0.481 e. The maximum Gasteiger partial charge on any atom is 0.303 e. The average Bonchev–Trinajstić information content (AvgIpc) is 3.34. The van der Waals surface area contributed by atoms with Crippen LogP contribution in [-0.4, -0.2) is 11.1 Å². The van der Waals surface area contributed by atoms with Crippen LogP contribution in [-0.2, 0) is 24.1 Å². The predicted molar refractivity (Wildman–Crippen MR) is 151 cm³/mol. The van der Waals surface area contributed by atoms with Gasteiger partial charge >= 0.3 is 5.97 Å². The van der Waals surface area contributed by atoms with Crippen molar-refractivity contribution in [2.45, 2.75) is 25.7 Å². The van der Waals surface area contributed by atoms with Crippen molar-refractivity contribution in [3.05, 3.63) is 126 Å². The summed E-state index contributed by atoms with van der Waals surface area (Å²) in [5.74, 6) is -0.754. The second-order valence-corrected chi connectivity index (χ2v) is 11.5. The summed E-state index contributed by atoms with van der Waals surface area (Å²) in [6.07, 6.45) is 2.74. The molecule has 0 radical (unpaired) electrons. The number of rotatable bonds is 7. The molecule has 5 aromatic rings. The molecule has 0 saturated heterocycles. The zero-order valence-electron chi connectivity index (χ0n) is 20.0. The van der Waals surface area contributed by atoms with Crippen LogP contribution in [0.2, 0.25) is 0 Å². The number of hydrogen-bond donors (Lipinski definition) is 1. The normalized spacial score (nSPS) is 12.4. The zero-order chi connectivity index (χ0) is 24.5. The summed E-state index contributed by atoms with van der Waals surface area (Å²) in [4.78, 5) is 11.6. The Bertz CT molecular complexity index is 1520. The van der Waals surface area contributed by atoms with Gasteiger partial charge < -0.3 is 5.11 Å². The molecule has 0 aliphatic heterocycles. The van der Waals surface area contributed by atoms with E-state index in [1.54, 1.807) is 0 Å². The Kier molecular flexibility index (Phi) is 6.13. The van der Waals surface area contributed by atoms with Crippen LogP contribution in [0.25, 0.3) is 21.9 Å². The molecule has 176 valence electrons. The Hall–Kier alpha value is -3.74. The number of carbonyl (C=O) groups is 1. The van der Waals surface area contributed by atoms with Crippen molar-refractivity contribution in [3.8, 4) is 11.1 Å². The quantitative estimate of drug-likeness (QED) is 0.271. The highest BCUT2D eigenvalue weighted by Crippen LogP contribution is 2.43. The van der Waals surface area contributed by atoms with Crippen LogP contribution in [0.3, 0.4) is 0 Å². The van der Waals surface area contributed by atoms with Gasteiger partial charge in [-0.2, -0.15) is 0 Å². The van der Waals surface area contributed by atoms with Gasteiger partial charge in [-0.25, -0.2) is 0 Å². The first-order valence-corrected chi connectivity index (χ1v) is 13.8. The molecule has 0 heterocycles. The molecule has 1 aliphatic rings. The standard InChI is InChI=1S/C33H27O2P/c34-31(35)21-20-25-22-24-19-18-23-10-9-16-29(32(23)24)33(25)28-15-7-8-17-30(28)36(26-11-3-1-4-12-26)27-13-5-2-6-14-27/h1-17,22H,18-21H2,(H,34,35). The van der Waals surface area contributed by atoms with E-state index in [-0.39, 0.29) is 6.42 Å². The third-order valence-electron chi connectivity index (χ3n) is 7.13. The first-order valence-electron chi connectivity index (χ1n) is 12.5. The number of carboxylic acids is 1. The number of hydrogen-bond acceptors (Lipinski definition) is 1. The minimum Gasteiger partial charge on any atom is -0.481 e. The third kappa shape index (κ3) is 4.12. The highest BCUT2D eigenvalue weighted by atomic mass is 31.1. The fourth-order valence-corrected chi connectivity index (χ4v) is 8.07.